The molecule has 0 N–H and O–H groups in total. The standard InChI is InChI=1S/C11H16N3O3/c1-13(12-16)11(15)17-10-7-5-9(6-8-10)14(2,3)4/h5-8H,1-4H3/q+1. The van der Waals surface area contributed by atoms with E-state index in [1.807, 2.05) is 33.3 Å². The number of ether oxygens (including phenoxy) is 1. The number of hydrogen-bond donors (Lipinski definition) is 0. The number of carbonyl (C=O) groups excluding carboxylic acids is 1. The van der Waals surface area contributed by atoms with Crippen molar-refractivity contribution in [2.24, 2.45) is 5.29 Å². The topological polar surface area (TPSA) is 59.0 Å². The molecule has 0 saturated carbocycles. The lowest BCUT2D eigenvalue weighted by Crippen LogP contribution is -2.34. The average molecular weight is 238 g/mol. The Labute approximate surface area is 99.9 Å². The molecule has 0 aliphatic heterocycles. The summed E-state index contributed by atoms with van der Waals surface area (Å²) < 4.78 is 5.59. The molecule has 0 atom stereocenters. The maximum atomic E-state index is 11.2. The van der Waals surface area contributed by atoms with Crippen molar-refractivity contribution in [3.8, 4) is 5.75 Å². The minimum absolute atomic E-state index is 0.378. The third-order valence-electron chi connectivity index (χ3n) is 2.20. The quantitative estimate of drug-likeness (QED) is 0.459. The van der Waals surface area contributed by atoms with Crippen LogP contribution >= 0.6 is 0 Å². The van der Waals surface area contributed by atoms with Gasteiger partial charge in [0.05, 0.1) is 26.4 Å². The molecule has 0 aliphatic carbocycles. The molecule has 6 nitrogen and oxygen atoms in total. The van der Waals surface area contributed by atoms with E-state index in [4.69, 9.17) is 4.74 Å². The van der Waals surface area contributed by atoms with Gasteiger partial charge in [0, 0.05) is 19.2 Å². The number of nitrogens with zero attached hydrogens (tertiary/aromatic N) is 3. The van der Waals surface area contributed by atoms with Crippen LogP contribution in [-0.2, 0) is 0 Å². The van der Waals surface area contributed by atoms with E-state index in [-0.39, 0.29) is 0 Å². The van der Waals surface area contributed by atoms with Gasteiger partial charge in [0.25, 0.3) is 0 Å². The van der Waals surface area contributed by atoms with Gasteiger partial charge in [-0.3, -0.25) is 4.48 Å². The van der Waals surface area contributed by atoms with Gasteiger partial charge in [-0.05, 0) is 12.1 Å². The highest BCUT2D eigenvalue weighted by atomic mass is 16.6. The summed E-state index contributed by atoms with van der Waals surface area (Å²) in [5.74, 6) is 0.378. The fourth-order valence-corrected chi connectivity index (χ4v) is 1.16. The lowest BCUT2D eigenvalue weighted by molar-refractivity contribution is 0.164. The molecule has 1 aromatic rings. The minimum Gasteiger partial charge on any atom is -0.409 e. The first-order valence-electron chi connectivity index (χ1n) is 5.05. The van der Waals surface area contributed by atoms with Gasteiger partial charge in [0.15, 0.2) is 0 Å². The van der Waals surface area contributed by atoms with Crippen LogP contribution in [0.2, 0.25) is 0 Å². The van der Waals surface area contributed by atoms with Gasteiger partial charge in [-0.1, -0.05) is 0 Å². The SMILES string of the molecule is CN(N=O)C(=O)Oc1ccc([N+](C)(C)C)cc1. The number of rotatable bonds is 3. The van der Waals surface area contributed by atoms with Crippen LogP contribution in [0.1, 0.15) is 0 Å². The van der Waals surface area contributed by atoms with Crippen molar-refractivity contribution in [2.45, 2.75) is 0 Å². The largest absolute Gasteiger partial charge is 0.438 e. The van der Waals surface area contributed by atoms with E-state index >= 15 is 0 Å². The normalized spacial score (nSPS) is 10.8. The molecule has 1 rings (SSSR count). The molecule has 6 heteroatoms. The van der Waals surface area contributed by atoms with Crippen LogP contribution in [0.3, 0.4) is 0 Å². The molecule has 0 bridgehead atoms. The minimum atomic E-state index is -0.807. The monoisotopic (exact) mass is 238 g/mol. The second-order valence-electron chi connectivity index (χ2n) is 4.48. The van der Waals surface area contributed by atoms with Gasteiger partial charge < -0.3 is 4.74 Å². The molecular weight excluding hydrogens is 222 g/mol. The highest BCUT2D eigenvalue weighted by Crippen LogP contribution is 2.21. The van der Waals surface area contributed by atoms with Crippen LogP contribution in [0.15, 0.2) is 29.6 Å². The number of hydrogen-bond acceptors (Lipinski definition) is 4. The van der Waals surface area contributed by atoms with E-state index in [0.717, 1.165) is 5.69 Å². The molecule has 0 unspecified atom stereocenters. The van der Waals surface area contributed by atoms with Gasteiger partial charge in [0.1, 0.15) is 11.4 Å². The van der Waals surface area contributed by atoms with E-state index in [0.29, 0.717) is 15.2 Å². The van der Waals surface area contributed by atoms with Crippen LogP contribution in [0, 0.1) is 4.91 Å². The Kier molecular flexibility index (Phi) is 3.80. The highest BCUT2D eigenvalue weighted by molar-refractivity contribution is 5.70. The molecular formula is C11H16N3O3+. The van der Waals surface area contributed by atoms with Crippen LogP contribution in [0.5, 0.6) is 5.75 Å². The smallest absolute Gasteiger partial charge is 0.409 e. The predicted molar refractivity (Wildman–Crippen MR) is 65.6 cm³/mol. The molecule has 0 saturated heterocycles. The first kappa shape index (κ1) is 13.1. The molecule has 1 amide bonds. The van der Waals surface area contributed by atoms with Crippen molar-refractivity contribution in [2.75, 3.05) is 28.2 Å². The van der Waals surface area contributed by atoms with Crippen molar-refractivity contribution < 1.29 is 9.53 Å². The number of amides is 1. The molecule has 0 spiro atoms. The Hall–Kier alpha value is -1.95. The summed E-state index contributed by atoms with van der Waals surface area (Å²) in [6.07, 6.45) is -0.807. The zero-order valence-electron chi connectivity index (χ0n) is 10.4. The first-order chi connectivity index (χ1) is 7.84. The Morgan fingerprint density at radius 1 is 1.24 bits per heavy atom. The molecule has 17 heavy (non-hydrogen) atoms. The van der Waals surface area contributed by atoms with E-state index in [9.17, 15) is 9.70 Å². The van der Waals surface area contributed by atoms with Gasteiger partial charge in [0.2, 0.25) is 0 Å². The first-order valence-corrected chi connectivity index (χ1v) is 5.05. The summed E-state index contributed by atoms with van der Waals surface area (Å²) in [6.45, 7) is 0. The summed E-state index contributed by atoms with van der Waals surface area (Å²) >= 11 is 0. The maximum absolute atomic E-state index is 11.2. The van der Waals surface area contributed by atoms with E-state index in [1.54, 1.807) is 12.1 Å². The maximum Gasteiger partial charge on any atom is 0.438 e. The zero-order valence-corrected chi connectivity index (χ0v) is 10.4. The molecule has 0 aliphatic rings. The molecule has 92 valence electrons. The van der Waals surface area contributed by atoms with E-state index in [1.165, 1.54) is 7.05 Å². The molecule has 0 radical (unpaired) electrons. The predicted octanol–water partition coefficient (Wildman–Crippen LogP) is 2.00. The Morgan fingerprint density at radius 2 is 1.76 bits per heavy atom. The van der Waals surface area contributed by atoms with Crippen LogP contribution in [0.4, 0.5) is 10.5 Å². The van der Waals surface area contributed by atoms with Gasteiger partial charge in [-0.25, -0.2) is 4.79 Å². The number of quaternary nitrogens is 1. The summed E-state index contributed by atoms with van der Waals surface area (Å²) in [6, 6.07) is 7.07. The van der Waals surface area contributed by atoms with Gasteiger partial charge in [-0.15, -0.1) is 4.91 Å². The fraction of sp³-hybridized carbons (Fsp3) is 0.364. The fourth-order valence-electron chi connectivity index (χ4n) is 1.16. The Bertz CT molecular complexity index is 409. The molecule has 0 aromatic heterocycles. The highest BCUT2D eigenvalue weighted by Gasteiger charge is 2.14. The summed E-state index contributed by atoms with van der Waals surface area (Å²) in [5, 5.41) is 3.04. The zero-order chi connectivity index (χ0) is 13.1. The van der Waals surface area contributed by atoms with Crippen LogP contribution in [-0.4, -0.2) is 39.3 Å². The van der Waals surface area contributed by atoms with Crippen molar-refractivity contribution in [3.05, 3.63) is 29.2 Å². The number of nitroso groups, excluding NO2 is 1. The summed E-state index contributed by atoms with van der Waals surface area (Å²) in [7, 11) is 7.33. The van der Waals surface area contributed by atoms with Gasteiger partial charge >= 0.3 is 6.09 Å². The number of carbonyl (C=O) groups is 1. The average Bonchev–Trinajstić information content (AvgIpc) is 2.27. The van der Waals surface area contributed by atoms with Crippen molar-refractivity contribution in [1.82, 2.24) is 9.49 Å². The number of benzene rings is 1. The second-order valence-corrected chi connectivity index (χ2v) is 4.48. The second kappa shape index (κ2) is 4.92. The molecule has 0 heterocycles. The van der Waals surface area contributed by atoms with Crippen molar-refractivity contribution >= 4 is 11.8 Å². The third-order valence-corrected chi connectivity index (χ3v) is 2.20. The molecule has 1 aromatic carbocycles. The van der Waals surface area contributed by atoms with E-state index in [2.05, 4.69) is 5.29 Å². The molecule has 0 fully saturated rings. The van der Waals surface area contributed by atoms with Crippen LogP contribution < -0.4 is 9.22 Å². The summed E-state index contributed by atoms with van der Waals surface area (Å²) in [5.41, 5.74) is 1.08. The van der Waals surface area contributed by atoms with Crippen LogP contribution in [0.25, 0.3) is 0 Å². The lowest BCUT2D eigenvalue weighted by atomic mass is 10.2. The Morgan fingerprint density at radius 3 is 2.18 bits per heavy atom. The summed E-state index contributed by atoms with van der Waals surface area (Å²) in [4.78, 5) is 21.3. The van der Waals surface area contributed by atoms with Crippen molar-refractivity contribution in [1.29, 1.82) is 0 Å². The Balaban J connectivity index is 2.76. The lowest BCUT2D eigenvalue weighted by Gasteiger charge is -2.23. The third kappa shape index (κ3) is 3.53. The van der Waals surface area contributed by atoms with Gasteiger partial charge in [-0.2, -0.15) is 5.01 Å². The van der Waals surface area contributed by atoms with Crippen molar-refractivity contribution in [3.63, 3.8) is 0 Å². The van der Waals surface area contributed by atoms with E-state index < -0.39 is 6.09 Å².